The highest BCUT2D eigenvalue weighted by molar-refractivity contribution is 7.87. The lowest BCUT2D eigenvalue weighted by molar-refractivity contribution is -0.438. The van der Waals surface area contributed by atoms with Crippen molar-refractivity contribution in [3.8, 4) is 0 Å². The Balaban J connectivity index is 1.49. The minimum Gasteiger partial charge on any atom is -0.748 e. The van der Waals surface area contributed by atoms with E-state index in [1.54, 1.807) is 51.0 Å². The largest absolute Gasteiger partial charge is 0.748 e. The fourth-order valence-corrected chi connectivity index (χ4v) is 13.3. The second-order valence-corrected chi connectivity index (χ2v) is 26.3. The van der Waals surface area contributed by atoms with Crippen LogP contribution in [0.4, 0.5) is 11.4 Å². The van der Waals surface area contributed by atoms with E-state index in [2.05, 4.69) is 0 Å². The summed E-state index contributed by atoms with van der Waals surface area (Å²) in [7, 11) is -24.9. The highest BCUT2D eigenvalue weighted by atomic mass is 32.2. The Morgan fingerprint density at radius 1 is 0.620 bits per heavy atom. The van der Waals surface area contributed by atoms with Gasteiger partial charge in [0.05, 0.1) is 94.6 Å². The van der Waals surface area contributed by atoms with Crippen molar-refractivity contribution >= 4 is 95.2 Å². The van der Waals surface area contributed by atoms with Gasteiger partial charge in [0.1, 0.15) is 47.0 Å². The molecular weight excluding hydrogens is 1140 g/mol. The maximum atomic E-state index is 12.8. The zero-order valence-electron chi connectivity index (χ0n) is 43.5. The molecule has 2 aliphatic heterocycles. The number of unbranched alkanes of at least 4 members (excludes halogenated alkanes) is 2. The van der Waals surface area contributed by atoms with Gasteiger partial charge in [-0.1, -0.05) is 12.1 Å². The summed E-state index contributed by atoms with van der Waals surface area (Å²) in [5, 5.41) is 8.68. The highest BCUT2D eigenvalue weighted by Gasteiger charge is 2.47. The minimum atomic E-state index is -5.46. The van der Waals surface area contributed by atoms with Crippen LogP contribution < -0.4 is 4.90 Å². The van der Waals surface area contributed by atoms with E-state index in [1.165, 1.54) is 24.3 Å². The number of anilines is 1. The van der Waals surface area contributed by atoms with Gasteiger partial charge in [-0.05, 0) is 111 Å². The predicted octanol–water partition coefficient (Wildman–Crippen LogP) is 3.89. The fraction of sp³-hybridized carbons (Fsp3) is 0.480. The normalized spacial score (nSPS) is 17.5. The minimum absolute atomic E-state index is 0.00391. The zero-order valence-corrected chi connectivity index (χ0v) is 47.6. The van der Waals surface area contributed by atoms with E-state index in [4.69, 9.17) is 23.7 Å². The molecule has 0 aromatic heterocycles. The van der Waals surface area contributed by atoms with Crippen molar-refractivity contribution in [1.29, 1.82) is 0 Å². The molecule has 0 saturated heterocycles. The van der Waals surface area contributed by atoms with Crippen molar-refractivity contribution in [1.82, 2.24) is 0 Å². The lowest BCUT2D eigenvalue weighted by Gasteiger charge is -2.31. The van der Waals surface area contributed by atoms with E-state index in [1.807, 2.05) is 4.58 Å². The Bertz CT molecular complexity index is 3630. The summed E-state index contributed by atoms with van der Waals surface area (Å²) in [6.45, 7) is 7.57. The molecule has 4 aromatic rings. The number of rotatable bonds is 31. The van der Waals surface area contributed by atoms with E-state index >= 15 is 0 Å². The topological polar surface area (TPSA) is 376 Å². The number of fused-ring (bicyclic) bond motifs is 6. The van der Waals surface area contributed by atoms with Gasteiger partial charge < -0.3 is 56.5 Å². The van der Waals surface area contributed by atoms with Crippen molar-refractivity contribution in [3.05, 3.63) is 83.6 Å². The first kappa shape index (κ1) is 63.4. The van der Waals surface area contributed by atoms with Crippen molar-refractivity contribution in [2.45, 2.75) is 89.7 Å². The quantitative estimate of drug-likeness (QED) is 0.0424. The molecule has 0 radical (unpaired) electrons. The van der Waals surface area contributed by atoms with E-state index in [0.29, 0.717) is 86.2 Å². The fourth-order valence-electron chi connectivity index (χ4n) is 10.2. The molecule has 4 aromatic carbocycles. The number of aliphatic carboxylic acids is 1. The number of nitrogens with zero attached hydrogens (tertiary/aromatic N) is 2. The van der Waals surface area contributed by atoms with Gasteiger partial charge in [0.2, 0.25) is 5.69 Å². The second kappa shape index (κ2) is 25.5. The van der Waals surface area contributed by atoms with Gasteiger partial charge in [-0.15, -0.1) is 0 Å². The van der Waals surface area contributed by atoms with Crippen molar-refractivity contribution in [2.24, 2.45) is 0 Å². The number of ether oxygens (including phenoxy) is 5. The second-order valence-electron chi connectivity index (χ2n) is 19.3. The molecule has 79 heavy (non-hydrogen) atoms. The first-order valence-electron chi connectivity index (χ1n) is 24.6. The highest BCUT2D eigenvalue weighted by Crippen LogP contribution is 2.54. The molecule has 24 nitrogen and oxygen atoms in total. The molecular formula is C50H60N2O22S5-4. The lowest BCUT2D eigenvalue weighted by atomic mass is 9.75. The summed E-state index contributed by atoms with van der Waals surface area (Å²) in [6.07, 6.45) is 5.40. The number of allylic oxidation sites excluding steroid dienone is 4. The molecule has 6 rings (SSSR count). The summed E-state index contributed by atoms with van der Waals surface area (Å²) < 4.78 is 217. The van der Waals surface area contributed by atoms with Crippen LogP contribution in [0.1, 0.15) is 70.4 Å². The summed E-state index contributed by atoms with van der Waals surface area (Å²) in [4.78, 5) is 9.11. The van der Waals surface area contributed by atoms with Gasteiger partial charge in [0.15, 0.2) is 5.71 Å². The molecule has 1 N–H and O–H groups in total. The third kappa shape index (κ3) is 15.4. The van der Waals surface area contributed by atoms with Crippen molar-refractivity contribution in [2.75, 3.05) is 90.3 Å². The summed E-state index contributed by atoms with van der Waals surface area (Å²) >= 11 is 0. The monoisotopic (exact) mass is 1200 g/mol. The molecule has 2 aliphatic rings. The first-order valence-corrected chi connectivity index (χ1v) is 31.9. The standard InChI is InChI=1S/C50H64N2O22S5/c1-49(2)44(51(18-7-5-6-12-46(53)54)40-15-13-36-38(47(40)49)30-34(76(58,59)60)32-42(36)78(64,65)66)10-8-11-45-50(3,17-9-29-75(55,56)57)48-39-31-35(77(61,62)63)33-43(79(67,68)69)37(39)14-16-41(48)52(45)19-20-71-23-24-73-27-28-74-26-25-72-22-21-70-4/h8,10-11,13-16,30-33H,5-7,9,12,17-29H2,1-4H3,(H5-,53,54,55,56,57,58,59,60,61,62,63,64,65,66,67,68,69)/p-4. The van der Waals surface area contributed by atoms with Crippen LogP contribution in [-0.2, 0) is 89.9 Å². The van der Waals surface area contributed by atoms with Gasteiger partial charge >= 0.3 is 5.97 Å². The number of carboxylic acids is 1. The Kier molecular flexibility index (Phi) is 20.5. The number of carboxylic acid groups (broad SMARTS) is 1. The van der Waals surface area contributed by atoms with Gasteiger partial charge in [0, 0.05) is 72.1 Å². The SMILES string of the molecule is COCCOCCOCCOCCOCCN1C(=CC=CC2=[N+](CCCCCC(=O)O)c3ccc4c(S(=O)(=O)[O-])cc(S(=O)(=O)[O-])cc4c3C2(C)C)C(C)(CCCS(=O)(=O)[O-])c2c1ccc1c(S(=O)(=O)[O-])cc(S(=O)(=O)[O-])cc21. The molecule has 29 heteroatoms. The molecule has 0 saturated carbocycles. The van der Waals surface area contributed by atoms with Crippen LogP contribution in [-0.4, -0.2) is 172 Å². The van der Waals surface area contributed by atoms with Gasteiger partial charge in [-0.3, -0.25) is 4.79 Å². The number of hydrogen-bond acceptors (Lipinski definition) is 22. The summed E-state index contributed by atoms with van der Waals surface area (Å²) in [6, 6.07) is 8.47. The molecule has 1 atom stereocenters. The third-order valence-corrected chi connectivity index (χ3v) is 17.8. The molecule has 436 valence electrons. The Morgan fingerprint density at radius 3 is 1.62 bits per heavy atom. The number of carbonyl (C=O) groups is 1. The van der Waals surface area contributed by atoms with E-state index in [0.717, 1.165) is 12.1 Å². The molecule has 2 heterocycles. The van der Waals surface area contributed by atoms with Crippen LogP contribution in [0.5, 0.6) is 0 Å². The van der Waals surface area contributed by atoms with Crippen molar-refractivity contribution in [3.63, 3.8) is 0 Å². The maximum Gasteiger partial charge on any atom is 0.303 e. The van der Waals surface area contributed by atoms with Crippen LogP contribution in [0.25, 0.3) is 21.5 Å². The smallest absolute Gasteiger partial charge is 0.303 e. The van der Waals surface area contributed by atoms with E-state index in [9.17, 15) is 74.8 Å². The van der Waals surface area contributed by atoms with Crippen LogP contribution in [0, 0.1) is 0 Å². The van der Waals surface area contributed by atoms with Crippen molar-refractivity contribution < 1.29 is 103 Å². The molecule has 0 fully saturated rings. The number of methoxy groups -OCH3 is 1. The van der Waals surface area contributed by atoms with E-state index in [-0.39, 0.29) is 92.5 Å². The molecule has 0 bridgehead atoms. The van der Waals surface area contributed by atoms with Crippen LogP contribution >= 0.6 is 0 Å². The number of benzene rings is 4. The molecule has 0 spiro atoms. The predicted molar refractivity (Wildman–Crippen MR) is 280 cm³/mol. The molecule has 0 aliphatic carbocycles. The average Bonchev–Trinajstić information content (AvgIpc) is 3.97. The van der Waals surface area contributed by atoms with Crippen LogP contribution in [0.15, 0.2) is 92.0 Å². The van der Waals surface area contributed by atoms with Gasteiger partial charge in [-0.25, -0.2) is 42.1 Å². The lowest BCUT2D eigenvalue weighted by Crippen LogP contribution is -2.32. The average molecular weight is 1200 g/mol. The van der Waals surface area contributed by atoms with Crippen LogP contribution in [0.2, 0.25) is 0 Å². The van der Waals surface area contributed by atoms with Crippen LogP contribution in [0.3, 0.4) is 0 Å². The Morgan fingerprint density at radius 2 is 1.13 bits per heavy atom. The Hall–Kier alpha value is -4.83. The molecule has 1 unspecified atom stereocenters. The Labute approximate surface area is 459 Å². The van der Waals surface area contributed by atoms with E-state index < -0.39 is 92.7 Å². The third-order valence-electron chi connectivity index (χ3n) is 13.6. The van der Waals surface area contributed by atoms with Gasteiger partial charge in [0.25, 0.3) is 0 Å². The van der Waals surface area contributed by atoms with Gasteiger partial charge in [-0.2, -0.15) is 4.58 Å². The summed E-state index contributed by atoms with van der Waals surface area (Å²) in [5.41, 5.74) is -0.659. The maximum absolute atomic E-state index is 12.8. The first-order chi connectivity index (χ1) is 36.8. The molecule has 0 amide bonds. The summed E-state index contributed by atoms with van der Waals surface area (Å²) in [5.74, 6) is -1.87. The zero-order chi connectivity index (χ0) is 58.4. The number of hydrogen-bond donors (Lipinski definition) is 1.